The highest BCUT2D eigenvalue weighted by Crippen LogP contribution is 2.35. The van der Waals surface area contributed by atoms with Crippen LogP contribution in [0.5, 0.6) is 11.5 Å². The Balaban J connectivity index is 1.97. The van der Waals surface area contributed by atoms with Gasteiger partial charge < -0.3 is 29.8 Å². The number of benzene rings is 3. The molecule has 0 bridgehead atoms. The molecule has 0 aliphatic rings. The van der Waals surface area contributed by atoms with E-state index in [1.807, 2.05) is 0 Å². The van der Waals surface area contributed by atoms with Crippen LogP contribution in [0, 0.1) is 0 Å². The standard InChI is InChI=1S/C35H39NO10/c1-5-34(6-2,45-30(39)24-15-11-9-12-16-24)32(41)43-27-20-19-23(21-26(36)29(37)38)22-28(27)44-33(42)35(7-3,8-4)46-31(40)25-17-13-10-14-18-25/h9-20,22,26H,5-8,21,36H2,1-4H3,(H,37,38)/t26-/m0/s1. The summed E-state index contributed by atoms with van der Waals surface area (Å²) < 4.78 is 22.9. The predicted molar refractivity (Wildman–Crippen MR) is 167 cm³/mol. The lowest BCUT2D eigenvalue weighted by atomic mass is 9.96. The molecule has 0 aliphatic carbocycles. The maximum absolute atomic E-state index is 13.7. The van der Waals surface area contributed by atoms with Crippen LogP contribution in [-0.2, 0) is 30.3 Å². The number of aliphatic carboxylic acids is 1. The van der Waals surface area contributed by atoms with Crippen LogP contribution >= 0.6 is 0 Å². The lowest BCUT2D eigenvalue weighted by Crippen LogP contribution is -2.46. The van der Waals surface area contributed by atoms with Gasteiger partial charge in [-0.25, -0.2) is 19.2 Å². The van der Waals surface area contributed by atoms with E-state index in [0.717, 1.165) is 0 Å². The second kappa shape index (κ2) is 15.8. The number of carbonyl (C=O) groups excluding carboxylic acids is 4. The number of carboxylic acids is 1. The van der Waals surface area contributed by atoms with Gasteiger partial charge >= 0.3 is 29.8 Å². The zero-order valence-corrected chi connectivity index (χ0v) is 26.3. The number of carboxylic acid groups (broad SMARTS) is 1. The predicted octanol–water partition coefficient (Wildman–Crippen LogP) is 5.28. The molecule has 1 atom stereocenters. The molecule has 0 saturated heterocycles. The van der Waals surface area contributed by atoms with Crippen LogP contribution in [0.15, 0.2) is 78.9 Å². The molecule has 3 N–H and O–H groups in total. The largest absolute Gasteiger partial charge is 0.480 e. The normalized spacial score (nSPS) is 12.0. The summed E-state index contributed by atoms with van der Waals surface area (Å²) in [4.78, 5) is 64.6. The molecule has 3 aromatic carbocycles. The summed E-state index contributed by atoms with van der Waals surface area (Å²) in [6.07, 6.45) is 0.136. The summed E-state index contributed by atoms with van der Waals surface area (Å²) in [5, 5.41) is 9.31. The smallest absolute Gasteiger partial charge is 0.356 e. The maximum Gasteiger partial charge on any atom is 0.356 e. The van der Waals surface area contributed by atoms with E-state index in [4.69, 9.17) is 24.7 Å². The van der Waals surface area contributed by atoms with E-state index in [1.165, 1.54) is 18.2 Å². The fraction of sp³-hybridized carbons (Fsp3) is 0.343. The topological polar surface area (TPSA) is 169 Å². The summed E-state index contributed by atoms with van der Waals surface area (Å²) in [6.45, 7) is 6.64. The molecule has 0 aliphatic heterocycles. The Morgan fingerprint density at radius 3 is 1.46 bits per heavy atom. The van der Waals surface area contributed by atoms with Gasteiger partial charge in [0.1, 0.15) is 6.04 Å². The van der Waals surface area contributed by atoms with Gasteiger partial charge in [0, 0.05) is 0 Å². The van der Waals surface area contributed by atoms with Gasteiger partial charge in [0.25, 0.3) is 0 Å². The van der Waals surface area contributed by atoms with Crippen LogP contribution in [0.2, 0.25) is 0 Å². The Bertz CT molecular complexity index is 1530. The molecular weight excluding hydrogens is 594 g/mol. The lowest BCUT2D eigenvalue weighted by Gasteiger charge is -2.30. The Morgan fingerprint density at radius 1 is 0.652 bits per heavy atom. The molecule has 0 heterocycles. The SMILES string of the molecule is CCC(CC)(OC(=O)c1ccccc1)C(=O)Oc1ccc(C[C@H](N)C(=O)O)cc1OC(=O)C(CC)(CC)OC(=O)c1ccccc1. The van der Waals surface area contributed by atoms with Crippen molar-refractivity contribution in [3.63, 3.8) is 0 Å². The van der Waals surface area contributed by atoms with Gasteiger partial charge in [-0.15, -0.1) is 0 Å². The molecule has 11 heteroatoms. The third-order valence-electron chi connectivity index (χ3n) is 7.81. The molecule has 0 spiro atoms. The van der Waals surface area contributed by atoms with E-state index in [9.17, 15) is 29.1 Å². The summed E-state index contributed by atoms with van der Waals surface area (Å²) >= 11 is 0. The first-order valence-corrected chi connectivity index (χ1v) is 15.1. The fourth-order valence-corrected chi connectivity index (χ4v) is 4.64. The molecule has 0 saturated carbocycles. The van der Waals surface area contributed by atoms with Crippen LogP contribution in [0.4, 0.5) is 0 Å². The second-order valence-corrected chi connectivity index (χ2v) is 10.6. The van der Waals surface area contributed by atoms with Crippen LogP contribution in [0.25, 0.3) is 0 Å². The Morgan fingerprint density at radius 2 is 1.07 bits per heavy atom. The monoisotopic (exact) mass is 633 g/mol. The maximum atomic E-state index is 13.7. The average Bonchev–Trinajstić information content (AvgIpc) is 3.07. The number of hydrogen-bond donors (Lipinski definition) is 2. The van der Waals surface area contributed by atoms with Crippen molar-refractivity contribution in [3.05, 3.63) is 95.6 Å². The number of hydrogen-bond acceptors (Lipinski definition) is 10. The van der Waals surface area contributed by atoms with Gasteiger partial charge in [-0.3, -0.25) is 4.79 Å². The molecular formula is C35H39NO10. The lowest BCUT2D eigenvalue weighted by molar-refractivity contribution is -0.159. The van der Waals surface area contributed by atoms with Crippen LogP contribution in [0.1, 0.15) is 79.7 Å². The van der Waals surface area contributed by atoms with Gasteiger partial charge in [0.05, 0.1) is 11.1 Å². The van der Waals surface area contributed by atoms with Gasteiger partial charge in [-0.05, 0) is 74.1 Å². The van der Waals surface area contributed by atoms with Gasteiger partial charge in [0.2, 0.25) is 11.2 Å². The van der Waals surface area contributed by atoms with E-state index >= 15 is 0 Å². The van der Waals surface area contributed by atoms with Crippen molar-refractivity contribution < 1.29 is 48.0 Å². The highest BCUT2D eigenvalue weighted by molar-refractivity contribution is 5.94. The van der Waals surface area contributed by atoms with Gasteiger partial charge in [-0.2, -0.15) is 0 Å². The third-order valence-corrected chi connectivity index (χ3v) is 7.81. The van der Waals surface area contributed by atoms with E-state index in [-0.39, 0.29) is 54.7 Å². The molecule has 0 unspecified atom stereocenters. The molecule has 0 radical (unpaired) electrons. The van der Waals surface area contributed by atoms with Gasteiger partial charge in [-0.1, -0.05) is 70.2 Å². The molecule has 11 nitrogen and oxygen atoms in total. The number of rotatable bonds is 15. The van der Waals surface area contributed by atoms with Crippen molar-refractivity contribution in [1.82, 2.24) is 0 Å². The zero-order valence-electron chi connectivity index (χ0n) is 26.3. The van der Waals surface area contributed by atoms with Crippen molar-refractivity contribution in [2.45, 2.75) is 77.0 Å². The second-order valence-electron chi connectivity index (χ2n) is 10.6. The van der Waals surface area contributed by atoms with Crippen LogP contribution in [-0.4, -0.2) is 52.2 Å². The molecule has 0 amide bonds. The summed E-state index contributed by atoms with van der Waals surface area (Å²) in [5.41, 5.74) is 3.19. The molecule has 46 heavy (non-hydrogen) atoms. The number of ether oxygens (including phenoxy) is 4. The minimum atomic E-state index is -1.70. The molecule has 244 valence electrons. The van der Waals surface area contributed by atoms with E-state index in [1.54, 1.807) is 88.4 Å². The first kappa shape index (κ1) is 35.4. The highest BCUT2D eigenvalue weighted by atomic mass is 16.6. The Kier molecular flexibility index (Phi) is 12.2. The third kappa shape index (κ3) is 8.36. The van der Waals surface area contributed by atoms with E-state index < -0.39 is 47.1 Å². The minimum absolute atomic E-state index is 0.0594. The fourth-order valence-electron chi connectivity index (χ4n) is 4.64. The molecule has 3 aromatic rings. The average molecular weight is 634 g/mol. The first-order chi connectivity index (χ1) is 21.9. The van der Waals surface area contributed by atoms with Crippen molar-refractivity contribution in [3.8, 4) is 11.5 Å². The number of carbonyl (C=O) groups is 5. The van der Waals surface area contributed by atoms with Crippen molar-refractivity contribution in [2.75, 3.05) is 0 Å². The first-order valence-electron chi connectivity index (χ1n) is 15.1. The van der Waals surface area contributed by atoms with Crippen molar-refractivity contribution in [1.29, 1.82) is 0 Å². The summed E-state index contributed by atoms with van der Waals surface area (Å²) in [6, 6.07) is 19.2. The van der Waals surface area contributed by atoms with Gasteiger partial charge in [0.15, 0.2) is 11.5 Å². The summed E-state index contributed by atoms with van der Waals surface area (Å²) in [5.74, 6) is -5.00. The minimum Gasteiger partial charge on any atom is -0.480 e. The van der Waals surface area contributed by atoms with Crippen molar-refractivity contribution in [2.24, 2.45) is 5.73 Å². The Hall–Kier alpha value is -5.03. The molecule has 3 rings (SSSR count). The number of esters is 4. The summed E-state index contributed by atoms with van der Waals surface area (Å²) in [7, 11) is 0. The van der Waals surface area contributed by atoms with E-state index in [0.29, 0.717) is 5.56 Å². The zero-order chi connectivity index (χ0) is 33.9. The van der Waals surface area contributed by atoms with E-state index in [2.05, 4.69) is 0 Å². The highest BCUT2D eigenvalue weighted by Gasteiger charge is 2.44. The Labute approximate surface area is 267 Å². The molecule has 0 aromatic heterocycles. The quantitative estimate of drug-likeness (QED) is 0.165. The molecule has 0 fully saturated rings. The van der Waals surface area contributed by atoms with Crippen molar-refractivity contribution >= 4 is 29.8 Å². The number of nitrogens with two attached hydrogens (primary N) is 1. The van der Waals surface area contributed by atoms with Crippen LogP contribution in [0.3, 0.4) is 0 Å². The van der Waals surface area contributed by atoms with Crippen LogP contribution < -0.4 is 15.2 Å².